The molecule has 4 N–H and O–H groups in total. The first kappa shape index (κ1) is 12.0. The van der Waals surface area contributed by atoms with Gasteiger partial charge in [0.05, 0.1) is 0 Å². The Balaban J connectivity index is 1.85. The molecule has 1 heterocycles. The molecule has 0 aliphatic carbocycles. The van der Waals surface area contributed by atoms with E-state index in [1.807, 2.05) is 6.92 Å². The van der Waals surface area contributed by atoms with Gasteiger partial charge in [-0.2, -0.15) is 5.10 Å². The van der Waals surface area contributed by atoms with Crippen LogP contribution in [0.4, 0.5) is 11.5 Å². The highest BCUT2D eigenvalue weighted by Crippen LogP contribution is 2.14. The molecular weight excluding hydrogens is 232 g/mol. The second-order valence-electron chi connectivity index (χ2n) is 3.85. The quantitative estimate of drug-likeness (QED) is 0.709. The normalized spacial score (nSPS) is 10.1. The van der Waals surface area contributed by atoms with Gasteiger partial charge in [0.25, 0.3) is 5.91 Å². The topological polar surface area (TPSA) is 93.0 Å². The Morgan fingerprint density at radius 3 is 3.00 bits per heavy atom. The molecule has 2 rings (SSSR count). The summed E-state index contributed by atoms with van der Waals surface area (Å²) in [4.78, 5) is 11.6. The summed E-state index contributed by atoms with van der Waals surface area (Å²) in [5.41, 5.74) is 7.07. The summed E-state index contributed by atoms with van der Waals surface area (Å²) in [6.07, 6.45) is 0. The number of amides is 1. The Morgan fingerprint density at radius 1 is 1.50 bits per heavy atom. The summed E-state index contributed by atoms with van der Waals surface area (Å²) in [5, 5.41) is 9.24. The summed E-state index contributed by atoms with van der Waals surface area (Å²) in [7, 11) is 0. The van der Waals surface area contributed by atoms with Gasteiger partial charge < -0.3 is 15.8 Å². The highest BCUT2D eigenvalue weighted by molar-refractivity contribution is 5.90. The van der Waals surface area contributed by atoms with E-state index in [1.165, 1.54) is 0 Å². The van der Waals surface area contributed by atoms with Gasteiger partial charge in [0.1, 0.15) is 5.75 Å². The van der Waals surface area contributed by atoms with Crippen molar-refractivity contribution in [3.63, 3.8) is 0 Å². The van der Waals surface area contributed by atoms with E-state index >= 15 is 0 Å². The molecule has 2 aromatic rings. The number of carbonyl (C=O) groups is 1. The van der Waals surface area contributed by atoms with Crippen LogP contribution >= 0.6 is 0 Å². The molecule has 0 radical (unpaired) electrons. The summed E-state index contributed by atoms with van der Waals surface area (Å²) < 4.78 is 5.30. The summed E-state index contributed by atoms with van der Waals surface area (Å²) in [6, 6.07) is 8.64. The highest BCUT2D eigenvalue weighted by Gasteiger charge is 2.05. The van der Waals surface area contributed by atoms with E-state index in [9.17, 15) is 4.79 Å². The number of nitrogens with zero attached hydrogens (tertiary/aromatic N) is 1. The molecule has 0 unspecified atom stereocenters. The fourth-order valence-electron chi connectivity index (χ4n) is 1.41. The van der Waals surface area contributed by atoms with E-state index in [-0.39, 0.29) is 12.5 Å². The van der Waals surface area contributed by atoms with Crippen LogP contribution in [0, 0.1) is 6.92 Å². The van der Waals surface area contributed by atoms with Crippen LogP contribution in [0.15, 0.2) is 30.3 Å². The number of ether oxygens (including phenoxy) is 1. The van der Waals surface area contributed by atoms with Crippen molar-refractivity contribution in [3.05, 3.63) is 36.0 Å². The zero-order valence-electron chi connectivity index (χ0n) is 9.93. The fraction of sp³-hybridized carbons (Fsp3) is 0.167. The third-order valence-electron chi connectivity index (χ3n) is 2.20. The minimum absolute atomic E-state index is 0.0879. The van der Waals surface area contributed by atoms with Gasteiger partial charge in [-0.1, -0.05) is 6.07 Å². The number of nitrogens with two attached hydrogens (primary N) is 1. The number of nitrogens with one attached hydrogen (secondary N) is 2. The van der Waals surface area contributed by atoms with Crippen LogP contribution < -0.4 is 15.8 Å². The lowest BCUT2D eigenvalue weighted by molar-refractivity contribution is -0.118. The predicted octanol–water partition coefficient (Wildman–Crippen LogP) is 1.32. The summed E-state index contributed by atoms with van der Waals surface area (Å²) in [6.45, 7) is 1.77. The van der Waals surface area contributed by atoms with Gasteiger partial charge in [0, 0.05) is 23.5 Å². The van der Waals surface area contributed by atoms with E-state index < -0.39 is 0 Å². The molecule has 0 saturated heterocycles. The molecule has 0 fully saturated rings. The Bertz CT molecular complexity index is 551. The third-order valence-corrected chi connectivity index (χ3v) is 2.20. The second-order valence-corrected chi connectivity index (χ2v) is 3.85. The van der Waals surface area contributed by atoms with Gasteiger partial charge in [-0.3, -0.25) is 9.89 Å². The smallest absolute Gasteiger partial charge is 0.263 e. The largest absolute Gasteiger partial charge is 0.484 e. The molecule has 0 aliphatic heterocycles. The fourth-order valence-corrected chi connectivity index (χ4v) is 1.41. The van der Waals surface area contributed by atoms with Gasteiger partial charge in [-0.05, 0) is 19.1 Å². The van der Waals surface area contributed by atoms with E-state index in [1.54, 1.807) is 30.3 Å². The molecule has 94 valence electrons. The van der Waals surface area contributed by atoms with Crippen LogP contribution in [-0.2, 0) is 4.79 Å². The van der Waals surface area contributed by atoms with Crippen LogP contribution in [0.5, 0.6) is 5.75 Å². The van der Waals surface area contributed by atoms with Crippen LogP contribution in [-0.4, -0.2) is 22.7 Å². The lowest BCUT2D eigenvalue weighted by Crippen LogP contribution is -2.20. The molecule has 0 bridgehead atoms. The molecule has 1 aromatic heterocycles. The van der Waals surface area contributed by atoms with Gasteiger partial charge in [0.2, 0.25) is 0 Å². The van der Waals surface area contributed by atoms with Crippen LogP contribution in [0.3, 0.4) is 0 Å². The van der Waals surface area contributed by atoms with Crippen molar-refractivity contribution in [2.75, 3.05) is 17.7 Å². The van der Waals surface area contributed by atoms with Gasteiger partial charge in [-0.15, -0.1) is 0 Å². The number of benzene rings is 1. The Hall–Kier alpha value is -2.50. The molecule has 1 amide bonds. The molecule has 6 heteroatoms. The van der Waals surface area contributed by atoms with E-state index in [4.69, 9.17) is 10.5 Å². The number of aromatic nitrogens is 2. The van der Waals surface area contributed by atoms with Crippen molar-refractivity contribution in [3.8, 4) is 5.75 Å². The Morgan fingerprint density at radius 2 is 2.33 bits per heavy atom. The zero-order valence-corrected chi connectivity index (χ0v) is 9.93. The third kappa shape index (κ3) is 3.24. The molecular formula is C12H14N4O2. The average Bonchev–Trinajstić information content (AvgIpc) is 2.72. The molecule has 1 aromatic carbocycles. The van der Waals surface area contributed by atoms with E-state index in [0.29, 0.717) is 17.3 Å². The standard InChI is InChI=1S/C12H14N4O2/c1-8-5-11(16-15-8)14-12(17)7-18-10-4-2-3-9(13)6-10/h2-6H,7,13H2,1H3,(H2,14,15,16,17). The molecule has 18 heavy (non-hydrogen) atoms. The number of hydrogen-bond acceptors (Lipinski definition) is 4. The zero-order chi connectivity index (χ0) is 13.0. The number of aryl methyl sites for hydroxylation is 1. The van der Waals surface area contributed by atoms with E-state index in [0.717, 1.165) is 5.69 Å². The SMILES string of the molecule is Cc1cc(NC(=O)COc2cccc(N)c2)n[nH]1. The minimum atomic E-state index is -0.274. The maximum atomic E-state index is 11.6. The van der Waals surface area contributed by atoms with Gasteiger partial charge in [-0.25, -0.2) is 0 Å². The Kier molecular flexibility index (Phi) is 3.47. The second kappa shape index (κ2) is 5.22. The summed E-state index contributed by atoms with van der Waals surface area (Å²) in [5.74, 6) is 0.765. The molecule has 0 spiro atoms. The number of rotatable bonds is 4. The minimum Gasteiger partial charge on any atom is -0.484 e. The monoisotopic (exact) mass is 246 g/mol. The first-order valence-corrected chi connectivity index (χ1v) is 5.44. The van der Waals surface area contributed by atoms with E-state index in [2.05, 4.69) is 15.5 Å². The van der Waals surface area contributed by atoms with Gasteiger partial charge in [0.15, 0.2) is 12.4 Å². The number of anilines is 2. The van der Waals surface area contributed by atoms with Gasteiger partial charge >= 0.3 is 0 Å². The Labute approximate surface area is 104 Å². The highest BCUT2D eigenvalue weighted by atomic mass is 16.5. The molecule has 0 saturated carbocycles. The van der Waals surface area contributed by atoms with Crippen molar-refractivity contribution in [1.29, 1.82) is 0 Å². The molecule has 6 nitrogen and oxygen atoms in total. The van der Waals surface area contributed by atoms with Crippen molar-refractivity contribution < 1.29 is 9.53 Å². The maximum Gasteiger partial charge on any atom is 0.263 e. The van der Waals surface area contributed by atoms with Crippen molar-refractivity contribution in [2.24, 2.45) is 0 Å². The molecule has 0 aliphatic rings. The average molecular weight is 246 g/mol. The van der Waals surface area contributed by atoms with Crippen molar-refractivity contribution >= 4 is 17.4 Å². The lowest BCUT2D eigenvalue weighted by atomic mass is 10.3. The van der Waals surface area contributed by atoms with Crippen molar-refractivity contribution in [1.82, 2.24) is 10.2 Å². The predicted molar refractivity (Wildman–Crippen MR) is 68.3 cm³/mol. The first-order chi connectivity index (χ1) is 8.63. The number of nitrogen functional groups attached to an aromatic ring is 1. The van der Waals surface area contributed by atoms with Crippen LogP contribution in [0.1, 0.15) is 5.69 Å². The number of H-pyrrole nitrogens is 1. The molecule has 0 atom stereocenters. The maximum absolute atomic E-state index is 11.6. The number of carbonyl (C=O) groups excluding carboxylic acids is 1. The summed E-state index contributed by atoms with van der Waals surface area (Å²) >= 11 is 0. The van der Waals surface area contributed by atoms with Crippen LogP contribution in [0.25, 0.3) is 0 Å². The number of hydrogen-bond donors (Lipinski definition) is 3. The van der Waals surface area contributed by atoms with Crippen molar-refractivity contribution in [2.45, 2.75) is 6.92 Å². The first-order valence-electron chi connectivity index (χ1n) is 5.44. The lowest BCUT2D eigenvalue weighted by Gasteiger charge is -2.06. The number of aromatic amines is 1. The van der Waals surface area contributed by atoms with Crippen LogP contribution in [0.2, 0.25) is 0 Å².